The Morgan fingerprint density at radius 3 is 2.17 bits per heavy atom. The summed E-state index contributed by atoms with van der Waals surface area (Å²) in [6, 6.07) is 27.3. The second-order valence-corrected chi connectivity index (χ2v) is 9.65. The minimum absolute atomic E-state index is 0.0475. The van der Waals surface area contributed by atoms with E-state index in [2.05, 4.69) is 5.32 Å². The number of amides is 1. The van der Waals surface area contributed by atoms with Crippen molar-refractivity contribution >= 4 is 27.3 Å². The van der Waals surface area contributed by atoms with E-state index >= 15 is 0 Å². The van der Waals surface area contributed by atoms with Crippen molar-refractivity contribution in [2.24, 2.45) is 0 Å². The van der Waals surface area contributed by atoms with E-state index in [0.717, 1.165) is 15.9 Å². The van der Waals surface area contributed by atoms with Crippen LogP contribution in [0.4, 0.5) is 15.8 Å². The van der Waals surface area contributed by atoms with Crippen LogP contribution in [0.1, 0.15) is 5.56 Å². The fourth-order valence-corrected chi connectivity index (χ4v) is 4.78. The van der Waals surface area contributed by atoms with Gasteiger partial charge < -0.3 is 10.1 Å². The maximum Gasteiger partial charge on any atom is 0.264 e. The lowest BCUT2D eigenvalue weighted by Gasteiger charge is -2.24. The summed E-state index contributed by atoms with van der Waals surface area (Å²) in [5, 5.41) is 2.55. The van der Waals surface area contributed by atoms with Gasteiger partial charge in [-0.1, -0.05) is 42.0 Å². The number of nitrogens with one attached hydrogen (secondary N) is 1. The highest BCUT2D eigenvalue weighted by Gasteiger charge is 2.27. The number of hydrogen-bond donors (Lipinski definition) is 1. The third-order valence-electron chi connectivity index (χ3n) is 5.11. The molecule has 0 aromatic heterocycles. The number of aryl methyl sites for hydroxylation is 1. The molecule has 4 aromatic carbocycles. The summed E-state index contributed by atoms with van der Waals surface area (Å²) in [5.74, 6) is 0.0209. The van der Waals surface area contributed by atoms with Crippen LogP contribution in [-0.2, 0) is 14.8 Å². The van der Waals surface area contributed by atoms with Crippen LogP contribution in [0.3, 0.4) is 0 Å². The Morgan fingerprint density at radius 2 is 1.51 bits per heavy atom. The Kier molecular flexibility index (Phi) is 7.12. The fraction of sp³-hybridized carbons (Fsp3) is 0.0741. The molecule has 35 heavy (non-hydrogen) atoms. The van der Waals surface area contributed by atoms with E-state index < -0.39 is 28.3 Å². The number of para-hydroxylation sites is 1. The van der Waals surface area contributed by atoms with Gasteiger partial charge in [0.25, 0.3) is 10.0 Å². The van der Waals surface area contributed by atoms with Gasteiger partial charge in [-0.15, -0.1) is 0 Å². The number of rotatable bonds is 8. The molecule has 8 heteroatoms. The van der Waals surface area contributed by atoms with Gasteiger partial charge >= 0.3 is 0 Å². The summed E-state index contributed by atoms with van der Waals surface area (Å²) < 4.78 is 47.3. The maximum atomic E-state index is 13.5. The first-order valence-electron chi connectivity index (χ1n) is 10.8. The Morgan fingerprint density at radius 1 is 0.857 bits per heavy atom. The van der Waals surface area contributed by atoms with Crippen LogP contribution >= 0.6 is 0 Å². The zero-order valence-electron chi connectivity index (χ0n) is 18.9. The highest BCUT2D eigenvalue weighted by Crippen LogP contribution is 2.28. The molecular formula is C27H23FN2O4S. The average Bonchev–Trinajstić information content (AvgIpc) is 2.84. The Bertz CT molecular complexity index is 1410. The van der Waals surface area contributed by atoms with Crippen molar-refractivity contribution in [1.82, 2.24) is 0 Å². The van der Waals surface area contributed by atoms with E-state index in [4.69, 9.17) is 4.74 Å². The molecule has 0 atom stereocenters. The first-order chi connectivity index (χ1) is 16.8. The summed E-state index contributed by atoms with van der Waals surface area (Å²) in [6.07, 6.45) is 0. The molecule has 0 aliphatic carbocycles. The Hall–Kier alpha value is -4.17. The zero-order valence-corrected chi connectivity index (χ0v) is 19.7. The third-order valence-corrected chi connectivity index (χ3v) is 6.90. The second-order valence-electron chi connectivity index (χ2n) is 7.79. The van der Waals surface area contributed by atoms with Gasteiger partial charge in [0.2, 0.25) is 5.91 Å². The standard InChI is InChI=1S/C27H23FN2O4S/c1-20-10-16-26(17-11-20)35(32,33)30(19-27(31)29-22-7-5-6-21(28)18-22)23-12-14-25(15-13-23)34-24-8-3-2-4-9-24/h2-18H,19H2,1H3,(H,29,31). The summed E-state index contributed by atoms with van der Waals surface area (Å²) in [6.45, 7) is 1.34. The van der Waals surface area contributed by atoms with Crippen LogP contribution < -0.4 is 14.4 Å². The van der Waals surface area contributed by atoms with Crippen LogP contribution in [0.2, 0.25) is 0 Å². The normalized spacial score (nSPS) is 11.0. The van der Waals surface area contributed by atoms with Crippen molar-refractivity contribution in [2.75, 3.05) is 16.2 Å². The highest BCUT2D eigenvalue weighted by atomic mass is 32.2. The smallest absolute Gasteiger partial charge is 0.264 e. The number of benzene rings is 4. The molecular weight excluding hydrogens is 467 g/mol. The molecule has 4 aromatic rings. The van der Waals surface area contributed by atoms with Crippen LogP contribution in [0, 0.1) is 12.7 Å². The van der Waals surface area contributed by atoms with E-state index in [1.807, 2.05) is 25.1 Å². The van der Waals surface area contributed by atoms with Crippen LogP contribution in [0.15, 0.2) is 108 Å². The molecule has 1 N–H and O–H groups in total. The Labute approximate surface area is 203 Å². The number of anilines is 2. The molecule has 0 aliphatic rings. The first kappa shape index (κ1) is 24.0. The van der Waals surface area contributed by atoms with Gasteiger partial charge in [0.05, 0.1) is 10.6 Å². The maximum absolute atomic E-state index is 13.5. The van der Waals surface area contributed by atoms with E-state index in [1.54, 1.807) is 48.5 Å². The van der Waals surface area contributed by atoms with Crippen molar-refractivity contribution < 1.29 is 22.3 Å². The monoisotopic (exact) mass is 490 g/mol. The molecule has 0 spiro atoms. The topological polar surface area (TPSA) is 75.7 Å². The first-order valence-corrected chi connectivity index (χ1v) is 12.2. The van der Waals surface area contributed by atoms with Crippen molar-refractivity contribution in [2.45, 2.75) is 11.8 Å². The summed E-state index contributed by atoms with van der Waals surface area (Å²) in [4.78, 5) is 12.8. The van der Waals surface area contributed by atoms with Gasteiger partial charge in [-0.3, -0.25) is 9.10 Å². The van der Waals surface area contributed by atoms with Crippen molar-refractivity contribution in [3.05, 3.63) is 115 Å². The molecule has 0 aliphatic heterocycles. The Balaban J connectivity index is 1.63. The molecule has 6 nitrogen and oxygen atoms in total. The number of carbonyl (C=O) groups is 1. The minimum Gasteiger partial charge on any atom is -0.457 e. The van der Waals surface area contributed by atoms with Gasteiger partial charge in [-0.25, -0.2) is 12.8 Å². The quantitative estimate of drug-likeness (QED) is 0.341. The number of halogens is 1. The molecule has 4 rings (SSSR count). The summed E-state index contributed by atoms with van der Waals surface area (Å²) in [5.41, 5.74) is 1.41. The molecule has 0 saturated heterocycles. The van der Waals surface area contributed by atoms with E-state index in [9.17, 15) is 17.6 Å². The fourth-order valence-electron chi connectivity index (χ4n) is 3.35. The van der Waals surface area contributed by atoms with Gasteiger partial charge in [0.15, 0.2) is 0 Å². The summed E-state index contributed by atoms with van der Waals surface area (Å²) in [7, 11) is -4.08. The molecule has 178 valence electrons. The molecule has 1 amide bonds. The van der Waals surface area contributed by atoms with E-state index in [1.165, 1.54) is 30.3 Å². The van der Waals surface area contributed by atoms with Crippen molar-refractivity contribution in [1.29, 1.82) is 0 Å². The average molecular weight is 491 g/mol. The molecule has 0 bridgehead atoms. The summed E-state index contributed by atoms with van der Waals surface area (Å²) >= 11 is 0. The number of hydrogen-bond acceptors (Lipinski definition) is 4. The molecule has 0 fully saturated rings. The lowest BCUT2D eigenvalue weighted by atomic mass is 10.2. The van der Waals surface area contributed by atoms with Crippen molar-refractivity contribution in [3.63, 3.8) is 0 Å². The van der Waals surface area contributed by atoms with Gasteiger partial charge in [-0.2, -0.15) is 0 Å². The van der Waals surface area contributed by atoms with Crippen LogP contribution in [0.5, 0.6) is 11.5 Å². The lowest BCUT2D eigenvalue weighted by molar-refractivity contribution is -0.114. The van der Waals surface area contributed by atoms with E-state index in [0.29, 0.717) is 11.5 Å². The molecule has 0 saturated carbocycles. The van der Waals surface area contributed by atoms with Gasteiger partial charge in [0, 0.05) is 5.69 Å². The zero-order chi connectivity index (χ0) is 24.8. The number of sulfonamides is 1. The van der Waals surface area contributed by atoms with Gasteiger partial charge in [0.1, 0.15) is 23.9 Å². The minimum atomic E-state index is -4.08. The third kappa shape index (κ3) is 6.04. The molecule has 0 radical (unpaired) electrons. The predicted molar refractivity (Wildman–Crippen MR) is 134 cm³/mol. The van der Waals surface area contributed by atoms with Crippen LogP contribution in [0.25, 0.3) is 0 Å². The van der Waals surface area contributed by atoms with Crippen LogP contribution in [-0.4, -0.2) is 20.9 Å². The van der Waals surface area contributed by atoms with Crippen molar-refractivity contribution in [3.8, 4) is 11.5 Å². The lowest BCUT2D eigenvalue weighted by Crippen LogP contribution is -2.38. The molecule has 0 heterocycles. The number of nitrogens with zero attached hydrogens (tertiary/aromatic N) is 1. The SMILES string of the molecule is Cc1ccc(S(=O)(=O)N(CC(=O)Nc2cccc(F)c2)c2ccc(Oc3ccccc3)cc2)cc1. The number of ether oxygens (including phenoxy) is 1. The van der Waals surface area contributed by atoms with Gasteiger partial charge in [-0.05, 0) is 73.7 Å². The highest BCUT2D eigenvalue weighted by molar-refractivity contribution is 7.92. The largest absolute Gasteiger partial charge is 0.457 e. The number of carbonyl (C=O) groups excluding carboxylic acids is 1. The van der Waals surface area contributed by atoms with E-state index in [-0.39, 0.29) is 16.3 Å². The predicted octanol–water partition coefficient (Wildman–Crippen LogP) is 5.76. The second kappa shape index (κ2) is 10.4. The molecule has 0 unspecified atom stereocenters.